The van der Waals surface area contributed by atoms with Crippen LogP contribution in [0.4, 0.5) is 11.4 Å². The predicted octanol–water partition coefficient (Wildman–Crippen LogP) is 2.12. The molecule has 0 fully saturated rings. The lowest BCUT2D eigenvalue weighted by molar-refractivity contribution is 0.445. The number of nitrogens with one attached hydrogen (secondary N) is 1. The van der Waals surface area contributed by atoms with E-state index in [0.29, 0.717) is 18.8 Å². The summed E-state index contributed by atoms with van der Waals surface area (Å²) in [5, 5.41) is 3.17. The minimum absolute atomic E-state index is 0.246. The first-order valence-electron chi connectivity index (χ1n) is 6.60. The average Bonchev–Trinajstić information content (AvgIpc) is 2.38. The van der Waals surface area contributed by atoms with Crippen LogP contribution < -0.4 is 11.1 Å². The minimum Gasteiger partial charge on any atom is -0.397 e. The number of nitrogens with zero attached hydrogens (tertiary/aromatic N) is 1. The number of anilines is 2. The van der Waals surface area contributed by atoms with Crippen molar-refractivity contribution in [2.45, 2.75) is 32.1 Å². The van der Waals surface area contributed by atoms with Gasteiger partial charge in [-0.1, -0.05) is 20.8 Å². The number of nitrogens with two attached hydrogens (primary N) is 1. The largest absolute Gasteiger partial charge is 0.397 e. The van der Waals surface area contributed by atoms with Crippen LogP contribution in [0.25, 0.3) is 0 Å². The van der Waals surface area contributed by atoms with E-state index < -0.39 is 10.0 Å². The SMILES string of the molecule is CCCNc1ccc(S(=O)(=O)N(CC)CC)cc1N. The minimum atomic E-state index is -3.44. The number of rotatable bonds is 7. The van der Waals surface area contributed by atoms with Gasteiger partial charge in [-0.05, 0) is 24.6 Å². The van der Waals surface area contributed by atoms with Crippen molar-refractivity contribution in [3.63, 3.8) is 0 Å². The van der Waals surface area contributed by atoms with Gasteiger partial charge in [-0.2, -0.15) is 4.31 Å². The summed E-state index contributed by atoms with van der Waals surface area (Å²) in [6, 6.07) is 4.84. The molecule has 0 aromatic heterocycles. The molecule has 0 spiro atoms. The van der Waals surface area contributed by atoms with E-state index in [9.17, 15) is 8.42 Å². The summed E-state index contributed by atoms with van der Waals surface area (Å²) in [4.78, 5) is 0.246. The topological polar surface area (TPSA) is 75.4 Å². The molecule has 0 aliphatic heterocycles. The van der Waals surface area contributed by atoms with Crippen LogP contribution in [0.5, 0.6) is 0 Å². The van der Waals surface area contributed by atoms with Crippen LogP contribution in [-0.2, 0) is 10.0 Å². The molecule has 19 heavy (non-hydrogen) atoms. The second kappa shape index (κ2) is 6.77. The van der Waals surface area contributed by atoms with Crippen LogP contribution in [0.1, 0.15) is 27.2 Å². The average molecular weight is 285 g/mol. The Kier molecular flexibility index (Phi) is 5.62. The van der Waals surface area contributed by atoms with Gasteiger partial charge < -0.3 is 11.1 Å². The maximum Gasteiger partial charge on any atom is 0.243 e. The van der Waals surface area contributed by atoms with Crippen LogP contribution in [0.15, 0.2) is 23.1 Å². The second-order valence-electron chi connectivity index (χ2n) is 4.27. The fourth-order valence-corrected chi connectivity index (χ4v) is 3.33. The van der Waals surface area contributed by atoms with Gasteiger partial charge in [-0.15, -0.1) is 0 Å². The normalized spacial score (nSPS) is 11.8. The highest BCUT2D eigenvalue weighted by Crippen LogP contribution is 2.24. The number of hydrogen-bond donors (Lipinski definition) is 2. The Bertz CT molecular complexity index is 511. The van der Waals surface area contributed by atoms with Gasteiger partial charge in [0.2, 0.25) is 10.0 Å². The zero-order chi connectivity index (χ0) is 14.5. The lowest BCUT2D eigenvalue weighted by atomic mass is 10.2. The van der Waals surface area contributed by atoms with E-state index in [1.807, 2.05) is 13.8 Å². The Morgan fingerprint density at radius 3 is 2.32 bits per heavy atom. The van der Waals surface area contributed by atoms with Gasteiger partial charge in [-0.3, -0.25) is 0 Å². The van der Waals surface area contributed by atoms with Gasteiger partial charge >= 0.3 is 0 Å². The van der Waals surface area contributed by atoms with E-state index in [2.05, 4.69) is 12.2 Å². The maximum atomic E-state index is 12.3. The number of sulfonamides is 1. The predicted molar refractivity (Wildman–Crippen MR) is 79.7 cm³/mol. The molecule has 0 bridgehead atoms. The molecule has 1 rings (SSSR count). The third-order valence-electron chi connectivity index (χ3n) is 2.93. The summed E-state index contributed by atoms with van der Waals surface area (Å²) in [7, 11) is -3.44. The highest BCUT2D eigenvalue weighted by molar-refractivity contribution is 7.89. The summed E-state index contributed by atoms with van der Waals surface area (Å²) >= 11 is 0. The molecular weight excluding hydrogens is 262 g/mol. The Balaban J connectivity index is 3.06. The first-order chi connectivity index (χ1) is 8.97. The molecule has 0 aliphatic rings. The molecule has 0 atom stereocenters. The monoisotopic (exact) mass is 285 g/mol. The Labute approximate surface area is 115 Å². The van der Waals surface area contributed by atoms with Gasteiger partial charge in [0.05, 0.1) is 16.3 Å². The zero-order valence-corrected chi connectivity index (χ0v) is 12.6. The number of nitrogen functional groups attached to an aromatic ring is 1. The number of hydrogen-bond acceptors (Lipinski definition) is 4. The molecule has 0 saturated carbocycles. The van der Waals surface area contributed by atoms with Crippen LogP contribution >= 0.6 is 0 Å². The smallest absolute Gasteiger partial charge is 0.243 e. The molecule has 0 unspecified atom stereocenters. The molecule has 6 heteroatoms. The van der Waals surface area contributed by atoms with Gasteiger partial charge in [-0.25, -0.2) is 8.42 Å². The Hall–Kier alpha value is -1.27. The molecule has 0 saturated heterocycles. The Morgan fingerprint density at radius 1 is 1.21 bits per heavy atom. The van der Waals surface area contributed by atoms with Gasteiger partial charge in [0.1, 0.15) is 0 Å². The van der Waals surface area contributed by atoms with Crippen molar-refractivity contribution < 1.29 is 8.42 Å². The summed E-state index contributed by atoms with van der Waals surface area (Å²) in [5.74, 6) is 0. The van der Waals surface area contributed by atoms with Crippen LogP contribution in [-0.4, -0.2) is 32.4 Å². The van der Waals surface area contributed by atoms with Gasteiger partial charge in [0.15, 0.2) is 0 Å². The molecular formula is C13H23N3O2S. The van der Waals surface area contributed by atoms with E-state index >= 15 is 0 Å². The fourth-order valence-electron chi connectivity index (χ4n) is 1.83. The lowest BCUT2D eigenvalue weighted by Gasteiger charge is -2.19. The molecule has 108 valence electrons. The molecule has 5 nitrogen and oxygen atoms in total. The molecule has 0 aliphatic carbocycles. The first kappa shape index (κ1) is 15.8. The molecule has 0 radical (unpaired) electrons. The van der Waals surface area contributed by atoms with Crippen LogP contribution in [0.3, 0.4) is 0 Å². The van der Waals surface area contributed by atoms with E-state index in [0.717, 1.165) is 18.7 Å². The number of benzene rings is 1. The molecule has 1 aromatic rings. The van der Waals surface area contributed by atoms with Crippen molar-refractivity contribution in [1.29, 1.82) is 0 Å². The summed E-state index contributed by atoms with van der Waals surface area (Å²) < 4.78 is 26.1. The fraction of sp³-hybridized carbons (Fsp3) is 0.538. The second-order valence-corrected chi connectivity index (χ2v) is 6.20. The highest BCUT2D eigenvalue weighted by Gasteiger charge is 2.22. The third-order valence-corrected chi connectivity index (χ3v) is 4.98. The molecule has 0 amide bonds. The molecule has 3 N–H and O–H groups in total. The van der Waals surface area contributed by atoms with E-state index in [4.69, 9.17) is 5.73 Å². The van der Waals surface area contributed by atoms with Gasteiger partial charge in [0.25, 0.3) is 0 Å². The third kappa shape index (κ3) is 3.61. The van der Waals surface area contributed by atoms with Crippen LogP contribution in [0, 0.1) is 0 Å². The lowest BCUT2D eigenvalue weighted by Crippen LogP contribution is -2.30. The van der Waals surface area contributed by atoms with Crippen molar-refractivity contribution in [3.05, 3.63) is 18.2 Å². The first-order valence-corrected chi connectivity index (χ1v) is 8.04. The van der Waals surface area contributed by atoms with Crippen molar-refractivity contribution in [2.24, 2.45) is 0 Å². The van der Waals surface area contributed by atoms with Crippen molar-refractivity contribution in [1.82, 2.24) is 4.31 Å². The Morgan fingerprint density at radius 2 is 1.84 bits per heavy atom. The zero-order valence-electron chi connectivity index (χ0n) is 11.8. The molecule has 0 heterocycles. The standard InChI is InChI=1S/C13H23N3O2S/c1-4-9-15-13-8-7-11(10-12(13)14)19(17,18)16(5-2)6-3/h7-8,10,15H,4-6,9,14H2,1-3H3. The van der Waals surface area contributed by atoms with E-state index in [1.54, 1.807) is 12.1 Å². The quantitative estimate of drug-likeness (QED) is 0.752. The highest BCUT2D eigenvalue weighted by atomic mass is 32.2. The van der Waals surface area contributed by atoms with Crippen molar-refractivity contribution in [3.8, 4) is 0 Å². The van der Waals surface area contributed by atoms with Crippen LogP contribution in [0.2, 0.25) is 0 Å². The summed E-state index contributed by atoms with van der Waals surface area (Å²) in [6.45, 7) is 7.42. The summed E-state index contributed by atoms with van der Waals surface area (Å²) in [6.07, 6.45) is 0.985. The summed E-state index contributed by atoms with van der Waals surface area (Å²) in [5.41, 5.74) is 7.13. The maximum absolute atomic E-state index is 12.3. The van der Waals surface area contributed by atoms with Crippen molar-refractivity contribution >= 4 is 21.4 Å². The molecule has 1 aromatic carbocycles. The van der Waals surface area contributed by atoms with E-state index in [1.165, 1.54) is 10.4 Å². The van der Waals surface area contributed by atoms with Crippen molar-refractivity contribution in [2.75, 3.05) is 30.7 Å². The van der Waals surface area contributed by atoms with E-state index in [-0.39, 0.29) is 4.90 Å². The van der Waals surface area contributed by atoms with Gasteiger partial charge in [0, 0.05) is 19.6 Å².